The van der Waals surface area contributed by atoms with Crippen molar-refractivity contribution in [2.45, 2.75) is 32.6 Å². The van der Waals surface area contributed by atoms with E-state index in [0.717, 1.165) is 38.0 Å². The van der Waals surface area contributed by atoms with E-state index in [1.54, 1.807) is 0 Å². The van der Waals surface area contributed by atoms with Crippen LogP contribution >= 0.6 is 0 Å². The van der Waals surface area contributed by atoms with Crippen LogP contribution in [0.2, 0.25) is 0 Å². The molecule has 0 amide bonds. The summed E-state index contributed by atoms with van der Waals surface area (Å²) >= 11 is 0. The molecule has 0 aromatic heterocycles. The lowest BCUT2D eigenvalue weighted by Crippen LogP contribution is -2.35. The first kappa shape index (κ1) is 14.7. The number of benzene rings is 1. The minimum atomic E-state index is 0.0179. The second-order valence-electron chi connectivity index (χ2n) is 4.72. The van der Waals surface area contributed by atoms with Gasteiger partial charge in [-0.3, -0.25) is 5.41 Å². The monoisotopic (exact) mass is 247 g/mol. The zero-order valence-corrected chi connectivity index (χ0v) is 11.5. The fourth-order valence-corrected chi connectivity index (χ4v) is 2.25. The zero-order chi connectivity index (χ0) is 13.4. The molecule has 0 spiro atoms. The van der Waals surface area contributed by atoms with Crippen molar-refractivity contribution < 1.29 is 0 Å². The van der Waals surface area contributed by atoms with Crippen LogP contribution in [0.3, 0.4) is 0 Å². The summed E-state index contributed by atoms with van der Waals surface area (Å²) in [4.78, 5) is 2.40. The molecule has 0 saturated carbocycles. The first-order valence-corrected chi connectivity index (χ1v) is 6.80. The van der Waals surface area contributed by atoms with E-state index in [9.17, 15) is 0 Å². The van der Waals surface area contributed by atoms with Crippen LogP contribution in [-0.2, 0) is 0 Å². The molecule has 1 atom stereocenters. The Morgan fingerprint density at radius 2 is 1.72 bits per heavy atom. The molecule has 3 nitrogen and oxygen atoms in total. The van der Waals surface area contributed by atoms with Gasteiger partial charge >= 0.3 is 0 Å². The fourth-order valence-electron chi connectivity index (χ4n) is 2.25. The lowest BCUT2D eigenvalue weighted by molar-refractivity contribution is 0.271. The van der Waals surface area contributed by atoms with Gasteiger partial charge < -0.3 is 10.6 Å². The van der Waals surface area contributed by atoms with E-state index >= 15 is 0 Å². The predicted octanol–water partition coefficient (Wildman–Crippen LogP) is 2.83. The van der Waals surface area contributed by atoms with Gasteiger partial charge in [0, 0.05) is 6.54 Å². The summed E-state index contributed by atoms with van der Waals surface area (Å²) in [6.07, 6.45) is 2.28. The van der Waals surface area contributed by atoms with Crippen molar-refractivity contribution in [1.82, 2.24) is 4.90 Å². The topological polar surface area (TPSA) is 53.1 Å². The summed E-state index contributed by atoms with van der Waals surface area (Å²) in [7, 11) is 0. The molecule has 1 rings (SSSR count). The van der Waals surface area contributed by atoms with Gasteiger partial charge in [0.05, 0.1) is 11.8 Å². The number of hydrogen-bond acceptors (Lipinski definition) is 2. The van der Waals surface area contributed by atoms with E-state index in [-0.39, 0.29) is 11.8 Å². The van der Waals surface area contributed by atoms with Crippen LogP contribution in [0.4, 0.5) is 0 Å². The summed E-state index contributed by atoms with van der Waals surface area (Å²) in [5.74, 6) is 0.280. The van der Waals surface area contributed by atoms with Crippen LogP contribution < -0.4 is 5.73 Å². The maximum Gasteiger partial charge on any atom is 0.0995 e. The number of rotatable bonds is 8. The molecule has 0 fully saturated rings. The molecule has 0 aliphatic heterocycles. The van der Waals surface area contributed by atoms with Gasteiger partial charge in [0.15, 0.2) is 0 Å². The van der Waals surface area contributed by atoms with Gasteiger partial charge in [-0.25, -0.2) is 0 Å². The normalized spacial score (nSPS) is 12.6. The van der Waals surface area contributed by atoms with E-state index in [2.05, 4.69) is 30.9 Å². The Balaban J connectivity index is 2.76. The van der Waals surface area contributed by atoms with Crippen molar-refractivity contribution in [2.75, 3.05) is 19.6 Å². The molecule has 3 N–H and O–H groups in total. The Labute approximate surface area is 111 Å². The van der Waals surface area contributed by atoms with Crippen LogP contribution in [-0.4, -0.2) is 30.4 Å². The van der Waals surface area contributed by atoms with E-state index in [0.29, 0.717) is 0 Å². The molecule has 3 heteroatoms. The summed E-state index contributed by atoms with van der Waals surface area (Å²) < 4.78 is 0. The van der Waals surface area contributed by atoms with Gasteiger partial charge in [0.1, 0.15) is 0 Å². The number of nitrogens with zero attached hydrogens (tertiary/aromatic N) is 1. The van der Waals surface area contributed by atoms with Crippen molar-refractivity contribution in [2.24, 2.45) is 5.73 Å². The number of nitrogens with one attached hydrogen (secondary N) is 1. The summed E-state index contributed by atoms with van der Waals surface area (Å²) in [6, 6.07) is 10.1. The standard InChI is InChI=1S/C15H25N3/c1-3-10-18(11-4-2)12-14(15(16)17)13-8-6-5-7-9-13/h5-9,14H,3-4,10-12H2,1-2H3,(H3,16,17). The van der Waals surface area contributed by atoms with E-state index < -0.39 is 0 Å². The maximum absolute atomic E-state index is 7.80. The van der Waals surface area contributed by atoms with E-state index in [1.165, 1.54) is 0 Å². The Bertz CT molecular complexity index is 342. The third-order valence-corrected chi connectivity index (χ3v) is 3.10. The molecule has 0 saturated heterocycles. The van der Waals surface area contributed by atoms with E-state index in [4.69, 9.17) is 11.1 Å². The van der Waals surface area contributed by atoms with Crippen LogP contribution in [0.15, 0.2) is 30.3 Å². The number of hydrogen-bond donors (Lipinski definition) is 2. The average Bonchev–Trinajstić information content (AvgIpc) is 2.37. The summed E-state index contributed by atoms with van der Waals surface area (Å²) in [5.41, 5.74) is 6.91. The van der Waals surface area contributed by atoms with Crippen molar-refractivity contribution >= 4 is 5.84 Å². The second kappa shape index (κ2) is 7.88. The molecular formula is C15H25N3. The van der Waals surface area contributed by atoms with Crippen LogP contribution in [0.25, 0.3) is 0 Å². The van der Waals surface area contributed by atoms with Crippen molar-refractivity contribution in [3.05, 3.63) is 35.9 Å². The molecule has 0 bridgehead atoms. The zero-order valence-electron chi connectivity index (χ0n) is 11.5. The van der Waals surface area contributed by atoms with Gasteiger partial charge in [-0.05, 0) is 31.5 Å². The second-order valence-corrected chi connectivity index (χ2v) is 4.72. The van der Waals surface area contributed by atoms with Crippen molar-refractivity contribution in [3.63, 3.8) is 0 Å². The highest BCUT2D eigenvalue weighted by Crippen LogP contribution is 2.17. The van der Waals surface area contributed by atoms with Gasteiger partial charge in [0.2, 0.25) is 0 Å². The first-order valence-electron chi connectivity index (χ1n) is 6.80. The molecule has 0 radical (unpaired) electrons. The molecule has 18 heavy (non-hydrogen) atoms. The van der Waals surface area contributed by atoms with Gasteiger partial charge in [-0.1, -0.05) is 44.2 Å². The predicted molar refractivity (Wildman–Crippen MR) is 78.1 cm³/mol. The average molecular weight is 247 g/mol. The smallest absolute Gasteiger partial charge is 0.0995 e. The maximum atomic E-state index is 7.80. The third kappa shape index (κ3) is 4.49. The first-order chi connectivity index (χ1) is 8.69. The van der Waals surface area contributed by atoms with Gasteiger partial charge in [-0.2, -0.15) is 0 Å². The molecule has 0 aliphatic rings. The molecule has 1 aromatic carbocycles. The minimum absolute atomic E-state index is 0.0179. The Morgan fingerprint density at radius 1 is 1.17 bits per heavy atom. The lowest BCUT2D eigenvalue weighted by Gasteiger charge is -2.26. The number of amidine groups is 1. The summed E-state index contributed by atoms with van der Waals surface area (Å²) in [5, 5.41) is 7.80. The quantitative estimate of drug-likeness (QED) is 0.548. The molecule has 1 aromatic rings. The molecule has 100 valence electrons. The van der Waals surface area contributed by atoms with Gasteiger partial charge in [-0.15, -0.1) is 0 Å². The van der Waals surface area contributed by atoms with Crippen LogP contribution in [0, 0.1) is 5.41 Å². The largest absolute Gasteiger partial charge is 0.387 e. The molecule has 0 heterocycles. The Hall–Kier alpha value is -1.35. The number of nitrogens with two attached hydrogens (primary N) is 1. The fraction of sp³-hybridized carbons (Fsp3) is 0.533. The minimum Gasteiger partial charge on any atom is -0.387 e. The molecular weight excluding hydrogens is 222 g/mol. The molecule has 1 unspecified atom stereocenters. The Kier molecular flexibility index (Phi) is 6.44. The van der Waals surface area contributed by atoms with Crippen LogP contribution in [0.5, 0.6) is 0 Å². The lowest BCUT2D eigenvalue weighted by atomic mass is 9.97. The van der Waals surface area contributed by atoms with Gasteiger partial charge in [0.25, 0.3) is 0 Å². The molecule has 0 aliphatic carbocycles. The highest BCUT2D eigenvalue weighted by Gasteiger charge is 2.17. The highest BCUT2D eigenvalue weighted by molar-refractivity contribution is 5.84. The van der Waals surface area contributed by atoms with E-state index in [1.807, 2.05) is 18.2 Å². The highest BCUT2D eigenvalue weighted by atomic mass is 15.1. The Morgan fingerprint density at radius 3 is 2.17 bits per heavy atom. The van der Waals surface area contributed by atoms with Crippen LogP contribution in [0.1, 0.15) is 38.2 Å². The van der Waals surface area contributed by atoms with Crippen molar-refractivity contribution in [3.8, 4) is 0 Å². The SMILES string of the molecule is CCCN(CCC)CC(C(=N)N)c1ccccc1. The third-order valence-electron chi connectivity index (χ3n) is 3.10. The summed E-state index contributed by atoms with van der Waals surface area (Å²) in [6.45, 7) is 7.37. The van der Waals surface area contributed by atoms with Crippen molar-refractivity contribution in [1.29, 1.82) is 5.41 Å².